The predicted molar refractivity (Wildman–Crippen MR) is 105 cm³/mol. The van der Waals surface area contributed by atoms with Crippen LogP contribution in [0.3, 0.4) is 0 Å². The zero-order chi connectivity index (χ0) is 18.6. The van der Waals surface area contributed by atoms with Gasteiger partial charge in [0, 0.05) is 27.4 Å². The maximum absolute atomic E-state index is 12.3. The number of hydrogen-bond acceptors (Lipinski definition) is 4. The lowest BCUT2D eigenvalue weighted by Gasteiger charge is -2.28. The first-order valence-corrected chi connectivity index (χ1v) is 9.81. The average molecular weight is 375 g/mol. The van der Waals surface area contributed by atoms with Crippen molar-refractivity contribution in [2.24, 2.45) is 0 Å². The SMILES string of the molecule is COc1ccc(NC(=O)NCC2(c3ccc(C(C)O)s3)CCCC2)cc1. The molecule has 26 heavy (non-hydrogen) atoms. The summed E-state index contributed by atoms with van der Waals surface area (Å²) in [5.41, 5.74) is 0.714. The number of rotatable bonds is 6. The number of carbonyl (C=O) groups is 1. The molecule has 140 valence electrons. The van der Waals surface area contributed by atoms with Gasteiger partial charge in [0.1, 0.15) is 5.75 Å². The Bertz CT molecular complexity index is 734. The zero-order valence-corrected chi connectivity index (χ0v) is 16.1. The van der Waals surface area contributed by atoms with E-state index in [-0.39, 0.29) is 11.4 Å². The quantitative estimate of drug-likeness (QED) is 0.700. The molecule has 1 aliphatic rings. The molecule has 3 N–H and O–H groups in total. The van der Waals surface area contributed by atoms with Crippen LogP contribution in [-0.2, 0) is 5.41 Å². The van der Waals surface area contributed by atoms with Crippen LogP contribution in [0.1, 0.15) is 48.5 Å². The Balaban J connectivity index is 1.63. The van der Waals surface area contributed by atoms with Gasteiger partial charge in [-0.25, -0.2) is 4.79 Å². The molecule has 0 bridgehead atoms. The van der Waals surface area contributed by atoms with Gasteiger partial charge in [-0.3, -0.25) is 0 Å². The van der Waals surface area contributed by atoms with Crippen molar-refractivity contribution < 1.29 is 14.6 Å². The Morgan fingerprint density at radius 3 is 2.50 bits per heavy atom. The topological polar surface area (TPSA) is 70.6 Å². The molecule has 0 saturated heterocycles. The van der Waals surface area contributed by atoms with E-state index >= 15 is 0 Å². The fourth-order valence-electron chi connectivity index (χ4n) is 3.52. The van der Waals surface area contributed by atoms with Crippen molar-refractivity contribution in [2.45, 2.75) is 44.1 Å². The lowest BCUT2D eigenvalue weighted by molar-refractivity contribution is 0.203. The Hall–Kier alpha value is -2.05. The fourth-order valence-corrected chi connectivity index (χ4v) is 4.71. The van der Waals surface area contributed by atoms with E-state index in [0.29, 0.717) is 6.54 Å². The molecule has 6 heteroatoms. The summed E-state index contributed by atoms with van der Waals surface area (Å²) in [6.07, 6.45) is 4.02. The number of nitrogens with one attached hydrogen (secondary N) is 2. The van der Waals surface area contributed by atoms with Crippen LogP contribution in [-0.4, -0.2) is 24.8 Å². The highest BCUT2D eigenvalue weighted by Gasteiger charge is 2.37. The third-order valence-electron chi connectivity index (χ3n) is 5.06. The number of thiophene rings is 1. The molecule has 3 rings (SSSR count). The second-order valence-electron chi connectivity index (χ2n) is 6.90. The molecule has 1 aromatic heterocycles. The summed E-state index contributed by atoms with van der Waals surface area (Å²) in [6, 6.07) is 11.2. The minimum atomic E-state index is -0.446. The van der Waals surface area contributed by atoms with E-state index in [1.165, 1.54) is 17.7 Å². The highest BCUT2D eigenvalue weighted by molar-refractivity contribution is 7.12. The molecule has 2 amide bonds. The predicted octanol–water partition coefficient (Wildman–Crippen LogP) is 4.44. The van der Waals surface area contributed by atoms with Gasteiger partial charge in [0.2, 0.25) is 0 Å². The molecule has 0 radical (unpaired) electrons. The molecule has 1 atom stereocenters. The third-order valence-corrected chi connectivity index (χ3v) is 6.56. The lowest BCUT2D eigenvalue weighted by atomic mass is 9.84. The van der Waals surface area contributed by atoms with E-state index < -0.39 is 6.10 Å². The van der Waals surface area contributed by atoms with Gasteiger partial charge in [0.25, 0.3) is 0 Å². The second kappa shape index (κ2) is 8.10. The number of hydrogen-bond donors (Lipinski definition) is 3. The van der Waals surface area contributed by atoms with Crippen molar-refractivity contribution in [1.29, 1.82) is 0 Å². The molecule has 1 aliphatic carbocycles. The van der Waals surface area contributed by atoms with Crippen molar-refractivity contribution in [3.05, 3.63) is 46.2 Å². The van der Waals surface area contributed by atoms with Crippen LogP contribution < -0.4 is 15.4 Å². The Labute approximate surface area is 158 Å². The molecule has 1 unspecified atom stereocenters. The van der Waals surface area contributed by atoms with Crippen molar-refractivity contribution in [1.82, 2.24) is 5.32 Å². The number of anilines is 1. The standard InChI is InChI=1S/C20H26N2O3S/c1-14(23)17-9-10-18(26-17)20(11-3-4-12-20)13-21-19(24)22-15-5-7-16(25-2)8-6-15/h5-10,14,23H,3-4,11-13H2,1-2H3,(H2,21,22,24). The summed E-state index contributed by atoms with van der Waals surface area (Å²) in [4.78, 5) is 14.6. The number of ether oxygens (including phenoxy) is 1. The Kier molecular flexibility index (Phi) is 5.84. The van der Waals surface area contributed by atoms with Crippen LogP contribution in [0.5, 0.6) is 5.75 Å². The first-order chi connectivity index (χ1) is 12.5. The summed E-state index contributed by atoms with van der Waals surface area (Å²) < 4.78 is 5.13. The number of amides is 2. The van der Waals surface area contributed by atoms with E-state index in [4.69, 9.17) is 4.74 Å². The highest BCUT2D eigenvalue weighted by atomic mass is 32.1. The third kappa shape index (κ3) is 4.19. The minimum absolute atomic E-state index is 0.0188. The molecular formula is C20H26N2O3S. The molecule has 2 aromatic rings. The molecule has 1 saturated carbocycles. The number of carbonyl (C=O) groups excluding carboxylic acids is 1. The van der Waals surface area contributed by atoms with Gasteiger partial charge in [-0.2, -0.15) is 0 Å². The van der Waals surface area contributed by atoms with Crippen molar-refractivity contribution in [3.8, 4) is 5.75 Å². The van der Waals surface area contributed by atoms with Gasteiger partial charge in [-0.15, -0.1) is 11.3 Å². The maximum atomic E-state index is 12.3. The summed E-state index contributed by atoms with van der Waals surface area (Å²) in [5.74, 6) is 0.757. The van der Waals surface area contributed by atoms with Crippen LogP contribution in [0.15, 0.2) is 36.4 Å². The van der Waals surface area contributed by atoms with E-state index in [2.05, 4.69) is 16.7 Å². The normalized spacial score (nSPS) is 16.9. The van der Waals surface area contributed by atoms with Gasteiger partial charge in [0.15, 0.2) is 0 Å². The Morgan fingerprint density at radius 1 is 1.23 bits per heavy atom. The molecule has 0 spiro atoms. The van der Waals surface area contributed by atoms with Crippen LogP contribution >= 0.6 is 11.3 Å². The summed E-state index contributed by atoms with van der Waals surface area (Å²) >= 11 is 1.66. The van der Waals surface area contributed by atoms with Gasteiger partial charge in [0.05, 0.1) is 13.2 Å². The van der Waals surface area contributed by atoms with Crippen LogP contribution in [0.4, 0.5) is 10.5 Å². The Morgan fingerprint density at radius 2 is 1.92 bits per heavy atom. The van der Waals surface area contributed by atoms with Gasteiger partial charge in [-0.1, -0.05) is 12.8 Å². The second-order valence-corrected chi connectivity index (χ2v) is 8.02. The molecule has 1 aromatic carbocycles. The van der Waals surface area contributed by atoms with Crippen molar-refractivity contribution in [3.63, 3.8) is 0 Å². The largest absolute Gasteiger partial charge is 0.497 e. The number of aliphatic hydroxyl groups is 1. The molecule has 0 aliphatic heterocycles. The van der Waals surface area contributed by atoms with E-state index in [1.54, 1.807) is 25.4 Å². The van der Waals surface area contributed by atoms with E-state index in [1.807, 2.05) is 30.3 Å². The maximum Gasteiger partial charge on any atom is 0.319 e. The monoisotopic (exact) mass is 374 g/mol. The average Bonchev–Trinajstić information content (AvgIpc) is 3.31. The highest BCUT2D eigenvalue weighted by Crippen LogP contribution is 2.44. The van der Waals surface area contributed by atoms with Crippen LogP contribution in [0.2, 0.25) is 0 Å². The van der Waals surface area contributed by atoms with Gasteiger partial charge >= 0.3 is 6.03 Å². The summed E-state index contributed by atoms with van der Waals surface area (Å²) in [7, 11) is 1.61. The number of methoxy groups -OCH3 is 1. The smallest absolute Gasteiger partial charge is 0.319 e. The van der Waals surface area contributed by atoms with Crippen molar-refractivity contribution in [2.75, 3.05) is 19.0 Å². The zero-order valence-electron chi connectivity index (χ0n) is 15.2. The first kappa shape index (κ1) is 18.7. The van der Waals surface area contributed by atoms with E-state index in [9.17, 15) is 9.90 Å². The number of aliphatic hydroxyl groups excluding tert-OH is 1. The molecule has 5 nitrogen and oxygen atoms in total. The first-order valence-electron chi connectivity index (χ1n) is 9.00. The minimum Gasteiger partial charge on any atom is -0.497 e. The van der Waals surface area contributed by atoms with E-state index in [0.717, 1.165) is 29.2 Å². The van der Waals surface area contributed by atoms with Gasteiger partial charge < -0.3 is 20.5 Å². The number of benzene rings is 1. The molecular weight excluding hydrogens is 348 g/mol. The number of urea groups is 1. The lowest BCUT2D eigenvalue weighted by Crippen LogP contribution is -2.40. The van der Waals surface area contributed by atoms with Gasteiger partial charge in [-0.05, 0) is 56.2 Å². The molecule has 1 heterocycles. The fraction of sp³-hybridized carbons (Fsp3) is 0.450. The summed E-state index contributed by atoms with van der Waals surface area (Å²) in [6.45, 7) is 2.40. The summed E-state index contributed by atoms with van der Waals surface area (Å²) in [5, 5.41) is 15.7. The van der Waals surface area contributed by atoms with Crippen LogP contribution in [0.25, 0.3) is 0 Å². The van der Waals surface area contributed by atoms with Crippen molar-refractivity contribution >= 4 is 23.1 Å². The molecule has 1 fully saturated rings. The van der Waals surface area contributed by atoms with Crippen LogP contribution in [0, 0.1) is 0 Å².